The topological polar surface area (TPSA) is 66.0 Å². The highest BCUT2D eigenvalue weighted by molar-refractivity contribution is 6.30. The molecule has 0 spiro atoms. The smallest absolute Gasteiger partial charge is 0.165 e. The highest BCUT2D eigenvalue weighted by Gasteiger charge is 2.20. The van der Waals surface area contributed by atoms with E-state index in [0.717, 1.165) is 11.3 Å². The van der Waals surface area contributed by atoms with Crippen molar-refractivity contribution in [3.8, 4) is 23.0 Å². The molecule has 3 aromatic rings. The molecule has 0 aliphatic heterocycles. The lowest BCUT2D eigenvalue weighted by atomic mass is 9.97. The monoisotopic (exact) mass is 455 g/mol. The van der Waals surface area contributed by atoms with Crippen molar-refractivity contribution >= 4 is 23.1 Å². The summed E-state index contributed by atoms with van der Waals surface area (Å²) in [6.45, 7) is 0. The van der Waals surface area contributed by atoms with Gasteiger partial charge in [0.15, 0.2) is 28.8 Å². The Morgan fingerprint density at radius 3 is 2.06 bits per heavy atom. The number of halogens is 1. The lowest BCUT2D eigenvalue weighted by Gasteiger charge is -2.21. The van der Waals surface area contributed by atoms with Gasteiger partial charge >= 0.3 is 0 Å². The van der Waals surface area contributed by atoms with Crippen molar-refractivity contribution in [1.82, 2.24) is 0 Å². The molecule has 6 nitrogen and oxygen atoms in total. The van der Waals surface area contributed by atoms with E-state index < -0.39 is 0 Å². The number of anilines is 1. The Kier molecular flexibility index (Phi) is 7.84. The first-order valence-corrected chi connectivity index (χ1v) is 10.4. The van der Waals surface area contributed by atoms with Crippen LogP contribution in [0.4, 0.5) is 5.69 Å². The molecule has 0 fully saturated rings. The first-order chi connectivity index (χ1) is 15.5. The fourth-order valence-electron chi connectivity index (χ4n) is 3.41. The standard InChI is InChI=1S/C25H26ClNO5/c1-29-22-10-8-16(12-24(22)31-3)20(27-19-7-5-6-18(26)14-19)15-21(28)17-9-11-23(30-2)25(13-17)32-4/h5-14,20,27H,15H2,1-4H3. The van der Waals surface area contributed by atoms with Gasteiger partial charge in [0.05, 0.1) is 34.5 Å². The van der Waals surface area contributed by atoms with E-state index in [1.54, 1.807) is 52.7 Å². The molecule has 0 radical (unpaired) electrons. The molecule has 1 atom stereocenters. The zero-order chi connectivity index (χ0) is 23.1. The van der Waals surface area contributed by atoms with Crippen molar-refractivity contribution in [2.75, 3.05) is 33.8 Å². The van der Waals surface area contributed by atoms with Crippen LogP contribution in [-0.2, 0) is 0 Å². The SMILES string of the molecule is COc1ccc(C(=O)CC(Nc2cccc(Cl)c2)c2ccc(OC)c(OC)c2)cc1OC. The second kappa shape index (κ2) is 10.8. The number of hydrogen-bond donors (Lipinski definition) is 1. The Balaban J connectivity index is 1.94. The molecule has 3 aromatic carbocycles. The normalized spacial score (nSPS) is 11.4. The quantitative estimate of drug-likeness (QED) is 0.390. The van der Waals surface area contributed by atoms with Gasteiger partial charge in [-0.05, 0) is 54.1 Å². The number of rotatable bonds is 10. The molecule has 0 bridgehead atoms. The Morgan fingerprint density at radius 1 is 0.812 bits per heavy atom. The van der Waals surface area contributed by atoms with Crippen LogP contribution in [0.1, 0.15) is 28.4 Å². The van der Waals surface area contributed by atoms with Gasteiger partial charge in [-0.3, -0.25) is 4.79 Å². The molecule has 7 heteroatoms. The van der Waals surface area contributed by atoms with E-state index in [-0.39, 0.29) is 18.2 Å². The van der Waals surface area contributed by atoms with Gasteiger partial charge in [0.25, 0.3) is 0 Å². The molecule has 0 heterocycles. The summed E-state index contributed by atoms with van der Waals surface area (Å²) in [5, 5.41) is 4.02. The fraction of sp³-hybridized carbons (Fsp3) is 0.240. The van der Waals surface area contributed by atoms with E-state index in [1.165, 1.54) is 0 Å². The molecule has 0 saturated heterocycles. The van der Waals surface area contributed by atoms with Crippen LogP contribution in [0.5, 0.6) is 23.0 Å². The summed E-state index contributed by atoms with van der Waals surface area (Å²) < 4.78 is 21.4. The summed E-state index contributed by atoms with van der Waals surface area (Å²) in [7, 11) is 6.26. The van der Waals surface area contributed by atoms with E-state index in [1.807, 2.05) is 36.4 Å². The van der Waals surface area contributed by atoms with Crippen LogP contribution < -0.4 is 24.3 Å². The number of methoxy groups -OCH3 is 4. The summed E-state index contributed by atoms with van der Waals surface area (Å²) in [6.07, 6.45) is 0.192. The molecular weight excluding hydrogens is 430 g/mol. The largest absolute Gasteiger partial charge is 0.493 e. The lowest BCUT2D eigenvalue weighted by Crippen LogP contribution is -2.16. The van der Waals surface area contributed by atoms with Gasteiger partial charge in [-0.15, -0.1) is 0 Å². The Bertz CT molecular complexity index is 1090. The lowest BCUT2D eigenvalue weighted by molar-refractivity contribution is 0.0976. The summed E-state index contributed by atoms with van der Waals surface area (Å²) in [5.74, 6) is 2.21. The highest BCUT2D eigenvalue weighted by Crippen LogP contribution is 2.34. The zero-order valence-corrected chi connectivity index (χ0v) is 19.2. The first-order valence-electron chi connectivity index (χ1n) is 9.98. The van der Waals surface area contributed by atoms with E-state index in [0.29, 0.717) is 33.6 Å². The number of Topliss-reactive ketones (excluding diaryl/α,β-unsaturated/α-hetero) is 1. The van der Waals surface area contributed by atoms with Crippen LogP contribution in [-0.4, -0.2) is 34.2 Å². The van der Waals surface area contributed by atoms with Crippen molar-refractivity contribution < 1.29 is 23.7 Å². The third kappa shape index (κ3) is 5.45. The summed E-state index contributed by atoms with van der Waals surface area (Å²) in [6, 6.07) is 17.8. The van der Waals surface area contributed by atoms with E-state index in [2.05, 4.69) is 5.32 Å². The molecule has 1 unspecified atom stereocenters. The van der Waals surface area contributed by atoms with Crippen LogP contribution >= 0.6 is 11.6 Å². The molecule has 0 amide bonds. The zero-order valence-electron chi connectivity index (χ0n) is 18.5. The molecular formula is C25H26ClNO5. The van der Waals surface area contributed by atoms with Crippen LogP contribution in [0.2, 0.25) is 5.02 Å². The molecule has 0 aliphatic carbocycles. The van der Waals surface area contributed by atoms with Gasteiger partial charge in [0, 0.05) is 22.7 Å². The molecule has 0 saturated carbocycles. The second-order valence-electron chi connectivity index (χ2n) is 7.02. The van der Waals surface area contributed by atoms with Crippen molar-refractivity contribution in [3.63, 3.8) is 0 Å². The predicted molar refractivity (Wildman–Crippen MR) is 126 cm³/mol. The number of carbonyl (C=O) groups is 1. The third-order valence-electron chi connectivity index (χ3n) is 5.07. The number of carbonyl (C=O) groups excluding carboxylic acids is 1. The minimum atomic E-state index is -0.339. The van der Waals surface area contributed by atoms with Crippen molar-refractivity contribution in [1.29, 1.82) is 0 Å². The number of nitrogens with one attached hydrogen (secondary N) is 1. The molecule has 32 heavy (non-hydrogen) atoms. The van der Waals surface area contributed by atoms with Crippen molar-refractivity contribution in [3.05, 3.63) is 76.8 Å². The van der Waals surface area contributed by atoms with Gasteiger partial charge in [-0.25, -0.2) is 0 Å². The van der Waals surface area contributed by atoms with Gasteiger partial charge in [0.2, 0.25) is 0 Å². The number of hydrogen-bond acceptors (Lipinski definition) is 6. The summed E-state index contributed by atoms with van der Waals surface area (Å²) >= 11 is 6.16. The van der Waals surface area contributed by atoms with Gasteiger partial charge in [0.1, 0.15) is 0 Å². The maximum atomic E-state index is 13.2. The summed E-state index contributed by atoms with van der Waals surface area (Å²) in [5.41, 5.74) is 2.20. The van der Waals surface area contributed by atoms with Gasteiger partial charge in [-0.2, -0.15) is 0 Å². The Labute approximate surface area is 193 Å². The van der Waals surface area contributed by atoms with E-state index in [4.69, 9.17) is 30.5 Å². The second-order valence-corrected chi connectivity index (χ2v) is 7.46. The third-order valence-corrected chi connectivity index (χ3v) is 5.31. The Hall–Kier alpha value is -3.38. The minimum absolute atomic E-state index is 0.0553. The average Bonchev–Trinajstić information content (AvgIpc) is 2.82. The predicted octanol–water partition coefficient (Wildman–Crippen LogP) is 5.80. The van der Waals surface area contributed by atoms with Crippen LogP contribution in [0.25, 0.3) is 0 Å². The van der Waals surface area contributed by atoms with Crippen molar-refractivity contribution in [2.24, 2.45) is 0 Å². The molecule has 0 aliphatic rings. The number of ketones is 1. The van der Waals surface area contributed by atoms with Crippen molar-refractivity contribution in [2.45, 2.75) is 12.5 Å². The van der Waals surface area contributed by atoms with Gasteiger partial charge < -0.3 is 24.3 Å². The van der Waals surface area contributed by atoms with Gasteiger partial charge in [-0.1, -0.05) is 23.7 Å². The average molecular weight is 456 g/mol. The highest BCUT2D eigenvalue weighted by atomic mass is 35.5. The number of benzene rings is 3. The maximum absolute atomic E-state index is 13.2. The summed E-state index contributed by atoms with van der Waals surface area (Å²) in [4.78, 5) is 13.2. The van der Waals surface area contributed by atoms with Crippen LogP contribution in [0.3, 0.4) is 0 Å². The first kappa shape index (κ1) is 23.3. The van der Waals surface area contributed by atoms with E-state index in [9.17, 15) is 4.79 Å². The molecule has 3 rings (SSSR count). The Morgan fingerprint density at radius 2 is 1.44 bits per heavy atom. The van der Waals surface area contributed by atoms with E-state index >= 15 is 0 Å². The van der Waals surface area contributed by atoms with Crippen LogP contribution in [0.15, 0.2) is 60.7 Å². The molecule has 0 aromatic heterocycles. The minimum Gasteiger partial charge on any atom is -0.493 e. The maximum Gasteiger partial charge on any atom is 0.165 e. The molecule has 1 N–H and O–H groups in total. The van der Waals surface area contributed by atoms with Crippen LogP contribution in [0, 0.1) is 0 Å². The molecule has 168 valence electrons. The number of ether oxygens (including phenoxy) is 4. The fourth-order valence-corrected chi connectivity index (χ4v) is 3.60.